The number of para-hydroxylation sites is 1. The Morgan fingerprint density at radius 2 is 1.55 bits per heavy atom. The van der Waals surface area contributed by atoms with Crippen LogP contribution in [-0.2, 0) is 60.5 Å². The number of hydrogen-bond acceptors (Lipinski definition) is 10. The summed E-state index contributed by atoms with van der Waals surface area (Å²) in [7, 11) is 0. The molecule has 2 atom stereocenters. The van der Waals surface area contributed by atoms with E-state index in [-0.39, 0.29) is 62.4 Å². The van der Waals surface area contributed by atoms with E-state index in [4.69, 9.17) is 23.9 Å². The standard InChI is InChI=1S/C42H40N4O9/c1-2-42(32-22-35-36-30(21-29-17-9-10-18-33(29)44-36)23-46(35)37(47)31(32)26-52-39(42)49)55-38(48)34(45-41(51)54-25-28-15-7-4-8-16-28)19-11-12-20-43-40(50)53-24-27-13-5-3-6-14-27/h3-10,13-18,21-22,34H,2,11-12,19-20,23-26H2,1H3,(H,43,50)(H,45,51)/t34-,42-/m0/s1. The van der Waals surface area contributed by atoms with Crippen molar-refractivity contribution >= 4 is 35.0 Å². The second-order valence-corrected chi connectivity index (χ2v) is 13.4. The molecule has 55 heavy (non-hydrogen) atoms. The first-order chi connectivity index (χ1) is 26.8. The second-order valence-electron chi connectivity index (χ2n) is 13.4. The Labute approximate surface area is 316 Å². The van der Waals surface area contributed by atoms with E-state index in [0.717, 1.165) is 27.6 Å². The molecule has 4 heterocycles. The van der Waals surface area contributed by atoms with Gasteiger partial charge in [0.1, 0.15) is 25.9 Å². The highest BCUT2D eigenvalue weighted by atomic mass is 16.6. The van der Waals surface area contributed by atoms with E-state index in [0.29, 0.717) is 24.2 Å². The van der Waals surface area contributed by atoms with Gasteiger partial charge in [0, 0.05) is 23.1 Å². The largest absolute Gasteiger partial charge is 0.457 e. The number of hydrogen-bond donors (Lipinski definition) is 2. The minimum atomic E-state index is -1.98. The van der Waals surface area contributed by atoms with E-state index in [9.17, 15) is 24.0 Å². The van der Waals surface area contributed by atoms with Crippen molar-refractivity contribution in [2.24, 2.45) is 0 Å². The first-order valence-electron chi connectivity index (χ1n) is 18.2. The minimum Gasteiger partial charge on any atom is -0.457 e. The molecule has 2 amide bonds. The molecule has 7 rings (SSSR count). The molecule has 0 fully saturated rings. The predicted molar refractivity (Wildman–Crippen MR) is 200 cm³/mol. The Morgan fingerprint density at radius 3 is 2.25 bits per heavy atom. The number of amides is 2. The summed E-state index contributed by atoms with van der Waals surface area (Å²) in [5.74, 6) is -1.74. The number of pyridine rings is 2. The highest BCUT2D eigenvalue weighted by Crippen LogP contribution is 2.41. The summed E-state index contributed by atoms with van der Waals surface area (Å²) in [6.07, 6.45) is -0.626. The van der Waals surface area contributed by atoms with Gasteiger partial charge in [-0.2, -0.15) is 0 Å². The molecule has 0 spiro atoms. The number of esters is 2. The van der Waals surface area contributed by atoms with Crippen molar-refractivity contribution in [3.63, 3.8) is 0 Å². The predicted octanol–water partition coefficient (Wildman–Crippen LogP) is 6.02. The number of cyclic esters (lactones) is 1. The molecule has 0 unspecified atom stereocenters. The van der Waals surface area contributed by atoms with Crippen LogP contribution in [0.2, 0.25) is 0 Å². The summed E-state index contributed by atoms with van der Waals surface area (Å²) in [6, 6.07) is 28.4. The van der Waals surface area contributed by atoms with Gasteiger partial charge >= 0.3 is 24.1 Å². The molecule has 282 valence electrons. The molecule has 13 nitrogen and oxygen atoms in total. The Bertz CT molecular complexity index is 2290. The number of nitrogens with zero attached hydrogens (tertiary/aromatic N) is 2. The summed E-state index contributed by atoms with van der Waals surface area (Å²) in [5, 5.41) is 6.22. The second kappa shape index (κ2) is 16.3. The molecule has 3 aromatic carbocycles. The molecule has 0 radical (unpaired) electrons. The SMILES string of the molecule is CC[C@@]1(OC(=O)[C@H](CCCCNC(=O)OCc2ccccc2)NC(=O)OCc2ccccc2)C(=O)OCc2c1cc1n(c2=O)Cc2cc3ccccc3nc2-1. The normalized spacial score (nSPS) is 15.8. The van der Waals surface area contributed by atoms with E-state index in [1.165, 1.54) is 0 Å². The maximum atomic E-state index is 14.1. The summed E-state index contributed by atoms with van der Waals surface area (Å²) in [6.45, 7) is 1.99. The van der Waals surface area contributed by atoms with Crippen LogP contribution in [0.3, 0.4) is 0 Å². The zero-order valence-corrected chi connectivity index (χ0v) is 30.2. The molecule has 0 aliphatic carbocycles. The molecule has 0 bridgehead atoms. The van der Waals surface area contributed by atoms with Gasteiger partial charge in [0.15, 0.2) is 0 Å². The zero-order valence-electron chi connectivity index (χ0n) is 30.2. The molecule has 2 aliphatic rings. The van der Waals surface area contributed by atoms with Crippen molar-refractivity contribution < 1.29 is 38.1 Å². The van der Waals surface area contributed by atoms with Crippen LogP contribution in [-0.4, -0.2) is 46.3 Å². The van der Waals surface area contributed by atoms with E-state index < -0.39 is 35.8 Å². The Kier molecular flexibility index (Phi) is 10.9. The van der Waals surface area contributed by atoms with Gasteiger partial charge in [-0.3, -0.25) is 4.79 Å². The lowest BCUT2D eigenvalue weighted by Gasteiger charge is -2.36. The lowest BCUT2D eigenvalue weighted by Crippen LogP contribution is -2.51. The van der Waals surface area contributed by atoms with Crippen LogP contribution < -0.4 is 16.2 Å². The molecule has 5 aromatic rings. The number of nitrogens with one attached hydrogen (secondary N) is 2. The first kappa shape index (κ1) is 36.8. The van der Waals surface area contributed by atoms with Crippen molar-refractivity contribution in [3.8, 4) is 11.4 Å². The van der Waals surface area contributed by atoms with Gasteiger partial charge in [0.25, 0.3) is 5.56 Å². The summed E-state index contributed by atoms with van der Waals surface area (Å²) in [4.78, 5) is 71.9. The van der Waals surface area contributed by atoms with Crippen LogP contribution in [0.4, 0.5) is 9.59 Å². The van der Waals surface area contributed by atoms with Crippen LogP contribution in [0, 0.1) is 0 Å². The highest BCUT2D eigenvalue weighted by molar-refractivity contribution is 5.90. The average Bonchev–Trinajstić information content (AvgIpc) is 3.57. The monoisotopic (exact) mass is 744 g/mol. The van der Waals surface area contributed by atoms with Crippen LogP contribution in [0.15, 0.2) is 102 Å². The fourth-order valence-corrected chi connectivity index (χ4v) is 6.92. The van der Waals surface area contributed by atoms with Gasteiger partial charge in [0.2, 0.25) is 5.60 Å². The topological polar surface area (TPSA) is 164 Å². The number of alkyl carbamates (subject to hydrolysis) is 2. The average molecular weight is 745 g/mol. The van der Waals surface area contributed by atoms with Crippen molar-refractivity contribution in [2.75, 3.05) is 6.54 Å². The number of carbonyl (C=O) groups is 4. The van der Waals surface area contributed by atoms with Crippen LogP contribution in [0.1, 0.15) is 60.4 Å². The molecule has 2 aliphatic heterocycles. The number of benzene rings is 3. The summed E-state index contributed by atoms with van der Waals surface area (Å²) >= 11 is 0. The maximum Gasteiger partial charge on any atom is 0.408 e. The minimum absolute atomic E-state index is 0.0398. The van der Waals surface area contributed by atoms with E-state index >= 15 is 0 Å². The van der Waals surface area contributed by atoms with Crippen LogP contribution in [0.25, 0.3) is 22.3 Å². The van der Waals surface area contributed by atoms with Gasteiger partial charge in [-0.25, -0.2) is 24.2 Å². The number of aromatic nitrogens is 2. The van der Waals surface area contributed by atoms with Crippen LogP contribution in [0.5, 0.6) is 0 Å². The lowest BCUT2D eigenvalue weighted by atomic mass is 9.85. The molecule has 13 heteroatoms. The molecule has 2 N–H and O–H groups in total. The zero-order chi connectivity index (χ0) is 38.4. The number of unbranched alkanes of at least 4 members (excludes halogenated alkanes) is 1. The van der Waals surface area contributed by atoms with Gasteiger partial charge in [0.05, 0.1) is 29.0 Å². The quantitative estimate of drug-likeness (QED) is 0.0812. The van der Waals surface area contributed by atoms with Crippen molar-refractivity contribution in [2.45, 2.75) is 70.6 Å². The fourth-order valence-electron chi connectivity index (χ4n) is 6.92. The highest BCUT2D eigenvalue weighted by Gasteiger charge is 2.51. The van der Waals surface area contributed by atoms with E-state index in [1.54, 1.807) is 29.7 Å². The van der Waals surface area contributed by atoms with Gasteiger partial charge in [-0.1, -0.05) is 85.8 Å². The molecular weight excluding hydrogens is 704 g/mol. The Hall–Kier alpha value is -6.50. The van der Waals surface area contributed by atoms with Gasteiger partial charge in [-0.15, -0.1) is 0 Å². The van der Waals surface area contributed by atoms with Crippen LogP contribution >= 0.6 is 0 Å². The van der Waals surface area contributed by atoms with Crippen molar-refractivity contribution in [1.29, 1.82) is 0 Å². The number of ether oxygens (including phenoxy) is 4. The summed E-state index contributed by atoms with van der Waals surface area (Å²) < 4.78 is 23.9. The Morgan fingerprint density at radius 1 is 0.873 bits per heavy atom. The third kappa shape index (κ3) is 7.91. The van der Waals surface area contributed by atoms with E-state index in [1.807, 2.05) is 78.9 Å². The molecular formula is C42H40N4O9. The molecule has 0 saturated heterocycles. The van der Waals surface area contributed by atoms with Crippen molar-refractivity contribution in [1.82, 2.24) is 20.2 Å². The maximum absolute atomic E-state index is 14.1. The number of carbonyl (C=O) groups excluding carboxylic acids is 4. The number of rotatable bonds is 13. The van der Waals surface area contributed by atoms with Gasteiger partial charge in [-0.05, 0) is 55.0 Å². The Balaban J connectivity index is 1.09. The first-order valence-corrected chi connectivity index (χ1v) is 18.2. The lowest BCUT2D eigenvalue weighted by molar-refractivity contribution is -0.190. The number of fused-ring (bicyclic) bond motifs is 5. The van der Waals surface area contributed by atoms with Gasteiger partial charge < -0.3 is 34.1 Å². The molecule has 2 aromatic heterocycles. The fraction of sp³-hybridized carbons (Fsp3) is 0.286. The third-order valence-corrected chi connectivity index (χ3v) is 9.85. The smallest absolute Gasteiger partial charge is 0.408 e. The van der Waals surface area contributed by atoms with Crippen molar-refractivity contribution in [3.05, 3.63) is 135 Å². The summed E-state index contributed by atoms with van der Waals surface area (Å²) in [5.41, 5.74) is 2.38. The third-order valence-electron chi connectivity index (χ3n) is 9.85. The van der Waals surface area contributed by atoms with E-state index in [2.05, 4.69) is 10.6 Å². The molecule has 0 saturated carbocycles.